The normalized spacial score (nSPS) is 9.92. The van der Waals surface area contributed by atoms with Crippen LogP contribution in [0.4, 0.5) is 5.69 Å². The summed E-state index contributed by atoms with van der Waals surface area (Å²) in [4.78, 5) is 23.7. The number of esters is 1. The summed E-state index contributed by atoms with van der Waals surface area (Å²) in [5.74, 6) is 0.355. The second kappa shape index (κ2) is 9.93. The van der Waals surface area contributed by atoms with Gasteiger partial charge in [-0.05, 0) is 31.2 Å². The fourth-order valence-corrected chi connectivity index (χ4v) is 2.10. The fourth-order valence-electron chi connectivity index (χ4n) is 2.10. The van der Waals surface area contributed by atoms with Gasteiger partial charge in [-0.15, -0.1) is 0 Å². The highest BCUT2D eigenvalue weighted by Crippen LogP contribution is 2.26. The Kier molecular flexibility index (Phi) is 7.30. The molecule has 0 saturated carbocycles. The lowest BCUT2D eigenvalue weighted by Gasteiger charge is -2.12. The minimum absolute atomic E-state index is 0.327. The van der Waals surface area contributed by atoms with Crippen LogP contribution < -0.4 is 19.5 Å². The van der Waals surface area contributed by atoms with Gasteiger partial charge < -0.3 is 24.3 Å². The average Bonchev–Trinajstić information content (AvgIpc) is 2.66. The third-order valence-electron chi connectivity index (χ3n) is 3.24. The zero-order valence-electron chi connectivity index (χ0n) is 14.7. The summed E-state index contributed by atoms with van der Waals surface area (Å²) < 4.78 is 20.8. The quantitative estimate of drug-likeness (QED) is 0.693. The molecule has 2 aromatic carbocycles. The van der Waals surface area contributed by atoms with Crippen molar-refractivity contribution in [2.45, 2.75) is 6.92 Å². The van der Waals surface area contributed by atoms with Gasteiger partial charge in [0.15, 0.2) is 24.7 Å². The molecule has 7 nitrogen and oxygen atoms in total. The van der Waals surface area contributed by atoms with E-state index in [2.05, 4.69) is 5.32 Å². The van der Waals surface area contributed by atoms with Gasteiger partial charge in [-0.25, -0.2) is 4.79 Å². The van der Waals surface area contributed by atoms with Crippen LogP contribution in [0.25, 0.3) is 0 Å². The zero-order valence-corrected chi connectivity index (χ0v) is 14.7. The van der Waals surface area contributed by atoms with Gasteiger partial charge in [0.1, 0.15) is 5.75 Å². The van der Waals surface area contributed by atoms with Gasteiger partial charge in [-0.1, -0.05) is 24.3 Å². The molecule has 138 valence electrons. The van der Waals surface area contributed by atoms with Crippen LogP contribution >= 0.6 is 0 Å². The molecule has 0 heterocycles. The molecule has 7 heteroatoms. The van der Waals surface area contributed by atoms with E-state index in [4.69, 9.17) is 18.9 Å². The SMILES string of the molecule is CCOc1ccccc1OCC(=O)OCC(=O)Nc1ccccc1OC. The Balaban J connectivity index is 1.79. The van der Waals surface area contributed by atoms with Crippen molar-refractivity contribution >= 4 is 17.6 Å². The number of hydrogen-bond donors (Lipinski definition) is 1. The standard InChI is InChI=1S/C19H21NO6/c1-3-24-16-10-6-7-11-17(16)25-13-19(22)26-12-18(21)20-14-8-4-5-9-15(14)23-2/h4-11H,3,12-13H2,1-2H3,(H,20,21). The number of nitrogens with one attached hydrogen (secondary N) is 1. The van der Waals surface area contributed by atoms with Gasteiger partial charge in [0.25, 0.3) is 5.91 Å². The highest BCUT2D eigenvalue weighted by molar-refractivity contribution is 5.94. The van der Waals surface area contributed by atoms with Crippen LogP contribution in [0.2, 0.25) is 0 Å². The van der Waals surface area contributed by atoms with Crippen LogP contribution in [-0.2, 0) is 14.3 Å². The maximum atomic E-state index is 11.9. The number of rotatable bonds is 9. The molecule has 0 spiro atoms. The maximum absolute atomic E-state index is 11.9. The van der Waals surface area contributed by atoms with Crippen molar-refractivity contribution in [3.8, 4) is 17.2 Å². The zero-order chi connectivity index (χ0) is 18.8. The van der Waals surface area contributed by atoms with Gasteiger partial charge in [0.2, 0.25) is 0 Å². The van der Waals surface area contributed by atoms with Crippen molar-refractivity contribution in [1.82, 2.24) is 0 Å². The van der Waals surface area contributed by atoms with Gasteiger partial charge in [0.05, 0.1) is 19.4 Å². The summed E-state index contributed by atoms with van der Waals surface area (Å²) >= 11 is 0. The van der Waals surface area contributed by atoms with Crippen molar-refractivity contribution in [3.63, 3.8) is 0 Å². The molecule has 0 aliphatic rings. The monoisotopic (exact) mass is 359 g/mol. The Labute approximate surface area is 151 Å². The summed E-state index contributed by atoms with van der Waals surface area (Å²) in [6.45, 7) is 1.58. The van der Waals surface area contributed by atoms with E-state index in [0.717, 1.165) is 0 Å². The highest BCUT2D eigenvalue weighted by atomic mass is 16.6. The molecule has 2 rings (SSSR count). The van der Waals surface area contributed by atoms with E-state index in [1.54, 1.807) is 48.5 Å². The second-order valence-corrected chi connectivity index (χ2v) is 5.08. The van der Waals surface area contributed by atoms with Crippen molar-refractivity contribution in [3.05, 3.63) is 48.5 Å². The Morgan fingerprint density at radius 2 is 1.50 bits per heavy atom. The average molecular weight is 359 g/mol. The third-order valence-corrected chi connectivity index (χ3v) is 3.24. The molecule has 0 bridgehead atoms. The summed E-state index contributed by atoms with van der Waals surface area (Å²) in [7, 11) is 1.50. The second-order valence-electron chi connectivity index (χ2n) is 5.08. The molecule has 0 aliphatic heterocycles. The van der Waals surface area contributed by atoms with Crippen LogP contribution in [0, 0.1) is 0 Å². The molecule has 0 unspecified atom stereocenters. The molecule has 1 amide bonds. The number of carbonyl (C=O) groups is 2. The smallest absolute Gasteiger partial charge is 0.344 e. The minimum Gasteiger partial charge on any atom is -0.495 e. The number of hydrogen-bond acceptors (Lipinski definition) is 6. The molecule has 26 heavy (non-hydrogen) atoms. The topological polar surface area (TPSA) is 83.1 Å². The Bertz CT molecular complexity index is 746. The lowest BCUT2D eigenvalue weighted by atomic mass is 10.3. The first-order valence-corrected chi connectivity index (χ1v) is 8.07. The maximum Gasteiger partial charge on any atom is 0.344 e. The van der Waals surface area contributed by atoms with E-state index in [-0.39, 0.29) is 6.61 Å². The summed E-state index contributed by atoms with van der Waals surface area (Å²) in [5, 5.41) is 2.61. The van der Waals surface area contributed by atoms with E-state index in [1.165, 1.54) is 7.11 Å². The highest BCUT2D eigenvalue weighted by Gasteiger charge is 2.12. The molecule has 0 atom stereocenters. The van der Waals surface area contributed by atoms with E-state index in [1.807, 2.05) is 6.92 Å². The first-order valence-electron chi connectivity index (χ1n) is 8.07. The molecular formula is C19H21NO6. The van der Waals surface area contributed by atoms with Gasteiger partial charge in [0, 0.05) is 0 Å². The van der Waals surface area contributed by atoms with Crippen LogP contribution in [-0.4, -0.2) is 38.8 Å². The van der Waals surface area contributed by atoms with Gasteiger partial charge in [-0.2, -0.15) is 0 Å². The minimum atomic E-state index is -0.661. The van der Waals surface area contributed by atoms with E-state index < -0.39 is 18.5 Å². The molecule has 0 saturated heterocycles. The molecule has 1 N–H and O–H groups in total. The number of carbonyl (C=O) groups excluding carboxylic acids is 2. The number of amides is 1. The largest absolute Gasteiger partial charge is 0.495 e. The number of anilines is 1. The number of methoxy groups -OCH3 is 1. The Morgan fingerprint density at radius 3 is 2.15 bits per heavy atom. The molecule has 0 aromatic heterocycles. The van der Waals surface area contributed by atoms with Gasteiger partial charge >= 0.3 is 5.97 Å². The van der Waals surface area contributed by atoms with E-state index >= 15 is 0 Å². The van der Waals surface area contributed by atoms with Crippen molar-refractivity contribution in [1.29, 1.82) is 0 Å². The van der Waals surface area contributed by atoms with Crippen LogP contribution in [0.3, 0.4) is 0 Å². The molecule has 0 radical (unpaired) electrons. The number of para-hydroxylation sites is 4. The number of benzene rings is 2. The van der Waals surface area contributed by atoms with Crippen molar-refractivity contribution in [2.24, 2.45) is 0 Å². The van der Waals surface area contributed by atoms with Gasteiger partial charge in [-0.3, -0.25) is 4.79 Å². The predicted molar refractivity (Wildman–Crippen MR) is 95.7 cm³/mol. The van der Waals surface area contributed by atoms with E-state index in [9.17, 15) is 9.59 Å². The van der Waals surface area contributed by atoms with Crippen molar-refractivity contribution in [2.75, 3.05) is 32.2 Å². The lowest BCUT2D eigenvalue weighted by Crippen LogP contribution is -2.24. The summed E-state index contributed by atoms with van der Waals surface area (Å²) in [6.07, 6.45) is 0. The number of ether oxygens (including phenoxy) is 4. The fraction of sp³-hybridized carbons (Fsp3) is 0.263. The Hall–Kier alpha value is -3.22. The van der Waals surface area contributed by atoms with E-state index in [0.29, 0.717) is 29.5 Å². The molecular weight excluding hydrogens is 338 g/mol. The molecule has 0 aliphatic carbocycles. The molecule has 0 fully saturated rings. The first-order chi connectivity index (χ1) is 12.6. The van der Waals surface area contributed by atoms with Crippen molar-refractivity contribution < 1.29 is 28.5 Å². The van der Waals surface area contributed by atoms with Crippen LogP contribution in [0.15, 0.2) is 48.5 Å². The third kappa shape index (κ3) is 5.70. The summed E-state index contributed by atoms with van der Waals surface area (Å²) in [5.41, 5.74) is 0.498. The van der Waals surface area contributed by atoms with Crippen LogP contribution in [0.1, 0.15) is 6.92 Å². The van der Waals surface area contributed by atoms with Crippen LogP contribution in [0.5, 0.6) is 17.2 Å². The summed E-state index contributed by atoms with van der Waals surface area (Å²) in [6, 6.07) is 13.9. The predicted octanol–water partition coefficient (Wildman–Crippen LogP) is 2.65. The molecule has 2 aromatic rings. The first kappa shape index (κ1) is 19.1. The Morgan fingerprint density at radius 1 is 0.885 bits per heavy atom. The lowest BCUT2D eigenvalue weighted by molar-refractivity contribution is -0.149.